The van der Waals surface area contributed by atoms with E-state index in [4.69, 9.17) is 0 Å². The fourth-order valence-electron chi connectivity index (χ4n) is 3.16. The van der Waals surface area contributed by atoms with Crippen LogP contribution in [-0.2, 0) is 16.0 Å². The van der Waals surface area contributed by atoms with Gasteiger partial charge in [0.1, 0.15) is 6.04 Å². The molecule has 1 aromatic rings. The Balaban J connectivity index is 1.87. The lowest BCUT2D eigenvalue weighted by Crippen LogP contribution is -2.46. The number of nitrogens with one attached hydrogen (secondary N) is 1. The molecule has 0 aliphatic carbocycles. The molecule has 1 fully saturated rings. The van der Waals surface area contributed by atoms with Crippen molar-refractivity contribution < 1.29 is 9.59 Å². The number of hydrogen-bond donors (Lipinski definition) is 1. The van der Waals surface area contributed by atoms with E-state index in [9.17, 15) is 9.59 Å². The Hall–Kier alpha value is -1.88. The van der Waals surface area contributed by atoms with Gasteiger partial charge < -0.3 is 15.1 Å². The summed E-state index contributed by atoms with van der Waals surface area (Å²) in [6.45, 7) is 1.80. The Morgan fingerprint density at radius 3 is 2.78 bits per heavy atom. The molecule has 1 unspecified atom stereocenters. The summed E-state index contributed by atoms with van der Waals surface area (Å²) >= 11 is 0. The van der Waals surface area contributed by atoms with Crippen LogP contribution in [0.4, 0.5) is 0 Å². The Morgan fingerprint density at radius 2 is 2.17 bits per heavy atom. The predicted molar refractivity (Wildman–Crippen MR) is 91.0 cm³/mol. The van der Waals surface area contributed by atoms with E-state index in [0.717, 1.165) is 24.9 Å². The van der Waals surface area contributed by atoms with Gasteiger partial charge in [-0.25, -0.2) is 0 Å². The number of amides is 2. The molecular weight excluding hydrogens is 290 g/mol. The predicted octanol–water partition coefficient (Wildman–Crippen LogP) is 1.29. The molecule has 0 radical (unpaired) electrons. The van der Waals surface area contributed by atoms with Gasteiger partial charge in [0.25, 0.3) is 0 Å². The summed E-state index contributed by atoms with van der Waals surface area (Å²) in [4.78, 5) is 27.4. The number of benzene rings is 1. The fraction of sp³-hybridized carbons (Fsp3) is 0.556. The van der Waals surface area contributed by atoms with Crippen molar-refractivity contribution in [3.63, 3.8) is 0 Å². The first kappa shape index (κ1) is 17.5. The molecule has 2 amide bonds. The first-order chi connectivity index (χ1) is 11.1. The van der Waals surface area contributed by atoms with Crippen molar-refractivity contribution in [3.8, 4) is 0 Å². The first-order valence-corrected chi connectivity index (χ1v) is 8.31. The summed E-state index contributed by atoms with van der Waals surface area (Å²) in [5, 5.41) is 3.00. The van der Waals surface area contributed by atoms with E-state index >= 15 is 0 Å². The summed E-state index contributed by atoms with van der Waals surface area (Å²) in [7, 11) is 3.79. The van der Waals surface area contributed by atoms with Gasteiger partial charge in [-0.1, -0.05) is 30.3 Å². The third-order valence-corrected chi connectivity index (χ3v) is 4.68. The van der Waals surface area contributed by atoms with Crippen LogP contribution < -0.4 is 5.32 Å². The molecule has 1 saturated heterocycles. The monoisotopic (exact) mass is 317 g/mol. The molecule has 1 N–H and O–H groups in total. The van der Waals surface area contributed by atoms with Crippen LogP contribution in [0.2, 0.25) is 0 Å². The van der Waals surface area contributed by atoms with Crippen molar-refractivity contribution in [2.45, 2.75) is 37.8 Å². The lowest BCUT2D eigenvalue weighted by molar-refractivity contribution is -0.131. The number of likely N-dealkylation sites (N-methyl/N-ethyl adjacent to an activating group) is 1. The maximum atomic E-state index is 12.5. The van der Waals surface area contributed by atoms with E-state index < -0.39 is 6.04 Å². The zero-order valence-electron chi connectivity index (χ0n) is 14.1. The van der Waals surface area contributed by atoms with E-state index in [1.807, 2.05) is 30.3 Å². The smallest absolute Gasteiger partial charge is 0.243 e. The zero-order chi connectivity index (χ0) is 16.7. The molecule has 2 atom stereocenters. The minimum absolute atomic E-state index is 0.0795. The van der Waals surface area contributed by atoms with E-state index in [0.29, 0.717) is 19.0 Å². The lowest BCUT2D eigenvalue weighted by atomic mass is 10.0. The van der Waals surface area contributed by atoms with Crippen molar-refractivity contribution in [2.75, 3.05) is 27.2 Å². The van der Waals surface area contributed by atoms with Gasteiger partial charge >= 0.3 is 0 Å². The molecule has 23 heavy (non-hydrogen) atoms. The average molecular weight is 317 g/mol. The molecule has 0 bridgehead atoms. The molecule has 5 heteroatoms. The van der Waals surface area contributed by atoms with Gasteiger partial charge in [0.15, 0.2) is 0 Å². The molecule has 126 valence electrons. The molecule has 0 spiro atoms. The Morgan fingerprint density at radius 1 is 1.43 bits per heavy atom. The van der Waals surface area contributed by atoms with Crippen LogP contribution in [-0.4, -0.2) is 61.4 Å². The van der Waals surface area contributed by atoms with Crippen molar-refractivity contribution in [2.24, 2.45) is 0 Å². The van der Waals surface area contributed by atoms with Crippen LogP contribution in [0.25, 0.3) is 0 Å². The van der Waals surface area contributed by atoms with Gasteiger partial charge in [-0.15, -0.1) is 0 Å². The molecule has 1 aromatic carbocycles. The first-order valence-electron chi connectivity index (χ1n) is 8.31. The second kappa shape index (κ2) is 8.67. The molecule has 1 aliphatic heterocycles. The fourth-order valence-corrected chi connectivity index (χ4v) is 3.16. The van der Waals surface area contributed by atoms with Crippen LogP contribution in [0.15, 0.2) is 30.3 Å². The van der Waals surface area contributed by atoms with E-state index in [2.05, 4.69) is 17.3 Å². The number of nitrogens with zero attached hydrogens (tertiary/aromatic N) is 2. The Kier molecular flexibility index (Phi) is 6.59. The maximum absolute atomic E-state index is 12.5. The molecule has 0 saturated carbocycles. The number of hydrogen-bond acceptors (Lipinski definition) is 3. The number of rotatable bonds is 8. The molecular formula is C18H27N3O2. The highest BCUT2D eigenvalue weighted by Crippen LogP contribution is 2.17. The molecule has 2 rings (SSSR count). The average Bonchev–Trinajstić information content (AvgIpc) is 2.98. The second-order valence-corrected chi connectivity index (χ2v) is 6.33. The maximum Gasteiger partial charge on any atom is 0.243 e. The zero-order valence-corrected chi connectivity index (χ0v) is 14.1. The van der Waals surface area contributed by atoms with Crippen molar-refractivity contribution in [3.05, 3.63) is 35.9 Å². The van der Waals surface area contributed by atoms with Crippen molar-refractivity contribution >= 4 is 12.3 Å². The highest BCUT2D eigenvalue weighted by atomic mass is 16.2. The van der Waals surface area contributed by atoms with Crippen LogP contribution in [0.1, 0.15) is 24.8 Å². The molecule has 1 heterocycles. The van der Waals surface area contributed by atoms with Gasteiger partial charge in [0, 0.05) is 26.1 Å². The summed E-state index contributed by atoms with van der Waals surface area (Å²) in [6, 6.07) is 9.89. The molecule has 1 aliphatic rings. The Labute approximate surface area is 138 Å². The van der Waals surface area contributed by atoms with Gasteiger partial charge in [-0.3, -0.25) is 9.59 Å². The van der Waals surface area contributed by atoms with Gasteiger partial charge in [0.2, 0.25) is 12.3 Å². The summed E-state index contributed by atoms with van der Waals surface area (Å²) in [5.74, 6) is -0.0795. The van der Waals surface area contributed by atoms with Gasteiger partial charge in [-0.05, 0) is 38.4 Å². The minimum Gasteiger partial charge on any atom is -0.354 e. The van der Waals surface area contributed by atoms with Gasteiger partial charge in [0.05, 0.1) is 0 Å². The topological polar surface area (TPSA) is 52.7 Å². The van der Waals surface area contributed by atoms with Crippen molar-refractivity contribution in [1.29, 1.82) is 0 Å². The molecule has 5 nitrogen and oxygen atoms in total. The standard InChI is InChI=1S/C18H27N3O2/c1-20-12-6-9-16(20)10-11-19-18(23)17(21(2)14-22)13-15-7-4-3-5-8-15/h3-5,7-8,14,16-17H,6,9-13H2,1-2H3,(H,19,23)/t16?,17-/m1/s1. The van der Waals surface area contributed by atoms with Crippen molar-refractivity contribution in [1.82, 2.24) is 15.1 Å². The number of carbonyl (C=O) groups excluding carboxylic acids is 2. The second-order valence-electron chi connectivity index (χ2n) is 6.33. The highest BCUT2D eigenvalue weighted by Gasteiger charge is 2.24. The Bertz CT molecular complexity index is 506. The SMILES string of the molecule is CN1CCCC1CCNC(=O)[C@@H](Cc1ccccc1)N(C)C=O. The number of likely N-dealkylation sites (tertiary alicyclic amines) is 1. The summed E-state index contributed by atoms with van der Waals surface area (Å²) in [5.41, 5.74) is 1.05. The molecule has 0 aromatic heterocycles. The van der Waals surface area contributed by atoms with Gasteiger partial charge in [-0.2, -0.15) is 0 Å². The lowest BCUT2D eigenvalue weighted by Gasteiger charge is -2.25. The van der Waals surface area contributed by atoms with Crippen LogP contribution in [0, 0.1) is 0 Å². The highest BCUT2D eigenvalue weighted by molar-refractivity contribution is 5.83. The normalized spacial score (nSPS) is 19.3. The third kappa shape index (κ3) is 5.06. The quantitative estimate of drug-likeness (QED) is 0.735. The van der Waals surface area contributed by atoms with E-state index in [1.165, 1.54) is 17.7 Å². The summed E-state index contributed by atoms with van der Waals surface area (Å²) < 4.78 is 0. The summed E-state index contributed by atoms with van der Waals surface area (Å²) in [6.07, 6.45) is 4.65. The largest absolute Gasteiger partial charge is 0.354 e. The van der Waals surface area contributed by atoms with E-state index in [-0.39, 0.29) is 5.91 Å². The minimum atomic E-state index is -0.462. The van der Waals surface area contributed by atoms with E-state index in [1.54, 1.807) is 7.05 Å². The van der Waals surface area contributed by atoms with Crippen LogP contribution in [0.5, 0.6) is 0 Å². The number of carbonyl (C=O) groups is 2. The van der Waals surface area contributed by atoms with Crippen LogP contribution in [0.3, 0.4) is 0 Å². The van der Waals surface area contributed by atoms with Crippen LogP contribution >= 0.6 is 0 Å². The third-order valence-electron chi connectivity index (χ3n) is 4.68.